The normalized spacial score (nSPS) is 24.1. The number of halogens is 1. The summed E-state index contributed by atoms with van der Waals surface area (Å²) in [4.78, 5) is 57.9. The van der Waals surface area contributed by atoms with E-state index in [1.807, 2.05) is 49.3 Å². The fourth-order valence-electron chi connectivity index (χ4n) is 7.15. The number of phenolic OH excluding ortho intramolecular Hbond substituents is 1. The zero-order valence-corrected chi connectivity index (χ0v) is 26.6. The highest BCUT2D eigenvalue weighted by molar-refractivity contribution is 9.12. The third kappa shape index (κ3) is 4.84. The van der Waals surface area contributed by atoms with Crippen molar-refractivity contribution >= 4 is 62.1 Å². The number of azo groups is 1. The molecule has 4 aliphatic rings. The first-order chi connectivity index (χ1) is 22.1. The molecule has 4 unspecified atom stereocenters. The van der Waals surface area contributed by atoms with Gasteiger partial charge in [-0.15, -0.1) is 0 Å². The number of nitrogens with zero attached hydrogens (tertiary/aromatic N) is 4. The SMILES string of the molecule is CN(C)c1ccc(N=Nc2ccc(N3C(=O)C4CC=C5C(c6ccccc6O)C6=C(CC5C4C3=O)C(=O)C(Br)=CC6=O)cc2)cc1. The average Bonchev–Trinajstić information content (AvgIpc) is 3.31. The molecule has 3 aliphatic carbocycles. The van der Waals surface area contributed by atoms with Gasteiger partial charge in [-0.05, 0) is 89.3 Å². The van der Waals surface area contributed by atoms with E-state index in [4.69, 9.17) is 0 Å². The number of allylic oxidation sites excluding steroid dienone is 6. The monoisotopic (exact) mass is 676 g/mol. The lowest BCUT2D eigenvalue weighted by molar-refractivity contribution is -0.123. The molecular weight excluding hydrogens is 648 g/mol. The van der Waals surface area contributed by atoms with Crippen LogP contribution in [-0.4, -0.2) is 42.6 Å². The number of benzene rings is 3. The summed E-state index contributed by atoms with van der Waals surface area (Å²) in [5, 5.41) is 19.5. The topological polar surface area (TPSA) is 120 Å². The van der Waals surface area contributed by atoms with Crippen LogP contribution in [0.15, 0.2) is 116 Å². The number of carbonyl (C=O) groups excluding carboxylic acids is 4. The van der Waals surface area contributed by atoms with Crippen molar-refractivity contribution in [2.45, 2.75) is 18.8 Å². The number of fused-ring (bicyclic) bond motifs is 3. The number of para-hydroxylation sites is 1. The van der Waals surface area contributed by atoms with Crippen LogP contribution >= 0.6 is 15.9 Å². The van der Waals surface area contributed by atoms with Crippen LogP contribution in [0.2, 0.25) is 0 Å². The van der Waals surface area contributed by atoms with E-state index >= 15 is 0 Å². The summed E-state index contributed by atoms with van der Waals surface area (Å²) >= 11 is 3.24. The fourth-order valence-corrected chi connectivity index (χ4v) is 7.60. The molecule has 230 valence electrons. The van der Waals surface area contributed by atoms with Gasteiger partial charge in [-0.2, -0.15) is 10.2 Å². The van der Waals surface area contributed by atoms with E-state index < -0.39 is 23.7 Å². The van der Waals surface area contributed by atoms with Gasteiger partial charge < -0.3 is 10.0 Å². The van der Waals surface area contributed by atoms with E-state index in [1.54, 1.807) is 48.5 Å². The minimum Gasteiger partial charge on any atom is -0.508 e. The molecule has 10 heteroatoms. The molecule has 2 amide bonds. The van der Waals surface area contributed by atoms with E-state index in [1.165, 1.54) is 11.0 Å². The number of ketones is 2. The Labute approximate surface area is 273 Å². The molecule has 1 saturated heterocycles. The van der Waals surface area contributed by atoms with Crippen molar-refractivity contribution < 1.29 is 24.3 Å². The second-order valence-electron chi connectivity index (χ2n) is 12.1. The van der Waals surface area contributed by atoms with Crippen molar-refractivity contribution in [3.05, 3.63) is 112 Å². The summed E-state index contributed by atoms with van der Waals surface area (Å²) in [5.41, 5.74) is 4.66. The fraction of sp³-hybridized carbons (Fsp3) is 0.222. The number of carbonyl (C=O) groups is 4. The lowest BCUT2D eigenvalue weighted by atomic mass is 9.59. The molecule has 0 aromatic heterocycles. The Hall–Kier alpha value is -4.96. The molecule has 0 bridgehead atoms. The van der Waals surface area contributed by atoms with Gasteiger partial charge in [0.1, 0.15) is 5.75 Å². The molecule has 3 aromatic carbocycles. The highest BCUT2D eigenvalue weighted by Crippen LogP contribution is 2.56. The highest BCUT2D eigenvalue weighted by atomic mass is 79.9. The van der Waals surface area contributed by atoms with Gasteiger partial charge in [-0.1, -0.05) is 29.8 Å². The number of amides is 2. The maximum Gasteiger partial charge on any atom is 0.238 e. The van der Waals surface area contributed by atoms with Crippen molar-refractivity contribution in [3.63, 3.8) is 0 Å². The number of rotatable bonds is 5. The van der Waals surface area contributed by atoms with Gasteiger partial charge >= 0.3 is 0 Å². The second-order valence-corrected chi connectivity index (χ2v) is 12.9. The number of imide groups is 1. The van der Waals surface area contributed by atoms with Crippen molar-refractivity contribution in [3.8, 4) is 5.75 Å². The Morgan fingerprint density at radius 1 is 0.848 bits per heavy atom. The summed E-state index contributed by atoms with van der Waals surface area (Å²) in [6, 6.07) is 21.2. The molecule has 0 radical (unpaired) electrons. The van der Waals surface area contributed by atoms with E-state index in [-0.39, 0.29) is 40.0 Å². The predicted molar refractivity (Wildman–Crippen MR) is 177 cm³/mol. The van der Waals surface area contributed by atoms with E-state index in [2.05, 4.69) is 26.2 Å². The highest BCUT2D eigenvalue weighted by Gasteiger charge is 2.56. The number of Topliss-reactive ketones (excluding diaryl/α,β-unsaturated/α-hetero) is 1. The molecule has 9 nitrogen and oxygen atoms in total. The zero-order chi connectivity index (χ0) is 32.3. The Balaban J connectivity index is 1.19. The molecule has 1 N–H and O–H groups in total. The molecule has 46 heavy (non-hydrogen) atoms. The molecule has 1 fully saturated rings. The number of aromatic hydroxyl groups is 1. The summed E-state index contributed by atoms with van der Waals surface area (Å²) in [6.07, 6.45) is 3.67. The van der Waals surface area contributed by atoms with Gasteiger partial charge in [0.05, 0.1) is 33.4 Å². The first kappa shape index (κ1) is 29.7. The quantitative estimate of drug-likeness (QED) is 0.137. The average molecular weight is 678 g/mol. The van der Waals surface area contributed by atoms with Crippen molar-refractivity contribution in [2.24, 2.45) is 28.0 Å². The van der Waals surface area contributed by atoms with Gasteiger partial charge in [-0.3, -0.25) is 24.1 Å². The summed E-state index contributed by atoms with van der Waals surface area (Å²) in [5.74, 6) is -3.79. The van der Waals surface area contributed by atoms with Crippen LogP contribution in [0.25, 0.3) is 0 Å². The first-order valence-corrected chi connectivity index (χ1v) is 15.8. The Morgan fingerprint density at radius 3 is 2.15 bits per heavy atom. The minimum absolute atomic E-state index is 0.00448. The zero-order valence-electron chi connectivity index (χ0n) is 25.1. The molecule has 0 saturated carbocycles. The van der Waals surface area contributed by atoms with Gasteiger partial charge in [0.15, 0.2) is 11.6 Å². The molecule has 3 aromatic rings. The van der Waals surface area contributed by atoms with Crippen LogP contribution in [-0.2, 0) is 19.2 Å². The molecule has 4 atom stereocenters. The third-order valence-electron chi connectivity index (χ3n) is 9.33. The minimum atomic E-state index is -0.716. The number of hydrogen-bond acceptors (Lipinski definition) is 8. The van der Waals surface area contributed by atoms with Crippen molar-refractivity contribution in [2.75, 3.05) is 23.9 Å². The number of anilines is 2. The smallest absolute Gasteiger partial charge is 0.238 e. The van der Waals surface area contributed by atoms with Crippen LogP contribution in [0.3, 0.4) is 0 Å². The lowest BCUT2D eigenvalue weighted by Crippen LogP contribution is -2.39. The molecule has 0 spiro atoms. The van der Waals surface area contributed by atoms with Gasteiger partial charge in [-0.25, -0.2) is 0 Å². The molecule has 7 rings (SSSR count). The van der Waals surface area contributed by atoms with Crippen molar-refractivity contribution in [1.82, 2.24) is 0 Å². The summed E-state index contributed by atoms with van der Waals surface area (Å²) in [6.45, 7) is 0. The van der Waals surface area contributed by atoms with Crippen LogP contribution in [0.1, 0.15) is 24.3 Å². The van der Waals surface area contributed by atoms with E-state index in [0.29, 0.717) is 40.2 Å². The standard InChI is InChI=1S/C36H29BrN4O5/c1-40(2)21-11-7-19(8-12-21)38-39-20-9-13-22(14-10-20)41-35(45)25-16-15-23-26(32(25)36(41)46)17-27-33(30(43)18-28(37)34(27)44)31(23)24-5-3-4-6-29(24)42/h3-15,18,25-26,31-32,42H,16-17H2,1-2H3. The summed E-state index contributed by atoms with van der Waals surface area (Å²) in [7, 11) is 3.93. The maximum atomic E-state index is 14.2. The van der Waals surface area contributed by atoms with E-state index in [0.717, 1.165) is 11.3 Å². The molecular formula is C36H29BrN4O5. The molecule has 1 aliphatic heterocycles. The predicted octanol–water partition coefficient (Wildman–Crippen LogP) is 6.84. The summed E-state index contributed by atoms with van der Waals surface area (Å²) < 4.78 is 0.158. The van der Waals surface area contributed by atoms with Crippen LogP contribution < -0.4 is 9.80 Å². The number of phenols is 1. The van der Waals surface area contributed by atoms with Gasteiger partial charge in [0, 0.05) is 48.5 Å². The first-order valence-electron chi connectivity index (χ1n) is 15.0. The van der Waals surface area contributed by atoms with Crippen molar-refractivity contribution in [1.29, 1.82) is 0 Å². The number of hydrogen-bond donors (Lipinski definition) is 1. The Bertz CT molecular complexity index is 1940. The van der Waals surface area contributed by atoms with Crippen LogP contribution in [0.5, 0.6) is 5.75 Å². The largest absolute Gasteiger partial charge is 0.508 e. The Morgan fingerprint density at radius 2 is 1.50 bits per heavy atom. The van der Waals surface area contributed by atoms with E-state index in [9.17, 15) is 24.3 Å². The maximum absolute atomic E-state index is 14.2. The van der Waals surface area contributed by atoms with Crippen LogP contribution in [0, 0.1) is 17.8 Å². The van der Waals surface area contributed by atoms with Gasteiger partial charge in [0.25, 0.3) is 0 Å². The molecule has 1 heterocycles. The lowest BCUT2D eigenvalue weighted by Gasteiger charge is -2.42. The second kappa shape index (κ2) is 11.4. The third-order valence-corrected chi connectivity index (χ3v) is 9.92. The van der Waals surface area contributed by atoms with Gasteiger partial charge in [0.2, 0.25) is 11.8 Å². The Kier molecular flexibility index (Phi) is 7.39. The van der Waals surface area contributed by atoms with Crippen LogP contribution in [0.4, 0.5) is 22.7 Å².